The van der Waals surface area contributed by atoms with Crippen molar-refractivity contribution in [2.75, 3.05) is 0 Å². The summed E-state index contributed by atoms with van der Waals surface area (Å²) in [5.41, 5.74) is -0.499. The van der Waals surface area contributed by atoms with Crippen LogP contribution in [0.1, 0.15) is 25.7 Å². The minimum absolute atomic E-state index is 0.190. The molecule has 1 fully saturated rings. The molecule has 2 N–H and O–H groups in total. The lowest BCUT2D eigenvalue weighted by Gasteiger charge is -2.27. The van der Waals surface area contributed by atoms with E-state index in [-0.39, 0.29) is 6.42 Å². The Bertz CT molecular complexity index is 688. The lowest BCUT2D eigenvalue weighted by Crippen LogP contribution is -2.40. The number of nitro groups is 1. The second-order valence-electron chi connectivity index (χ2n) is 5.24. The second-order valence-corrected chi connectivity index (χ2v) is 6.93. The maximum atomic E-state index is 12.3. The summed E-state index contributed by atoms with van der Waals surface area (Å²) in [4.78, 5) is 20.8. The molecule has 0 amide bonds. The fourth-order valence-electron chi connectivity index (χ4n) is 2.64. The van der Waals surface area contributed by atoms with Crippen LogP contribution in [0.2, 0.25) is 0 Å². The van der Waals surface area contributed by atoms with Crippen LogP contribution >= 0.6 is 0 Å². The average molecular weight is 328 g/mol. The van der Waals surface area contributed by atoms with Crippen molar-refractivity contribution >= 4 is 21.7 Å². The summed E-state index contributed by atoms with van der Waals surface area (Å²) >= 11 is 0. The van der Waals surface area contributed by atoms with Crippen LogP contribution in [0.4, 0.5) is 5.69 Å². The maximum absolute atomic E-state index is 12.3. The molecule has 22 heavy (non-hydrogen) atoms. The molecule has 2 atom stereocenters. The predicted molar refractivity (Wildman–Crippen MR) is 76.8 cm³/mol. The summed E-state index contributed by atoms with van der Waals surface area (Å²) in [5.74, 6) is -1.54. The Morgan fingerprint density at radius 1 is 1.32 bits per heavy atom. The van der Waals surface area contributed by atoms with Crippen molar-refractivity contribution in [3.8, 4) is 0 Å². The number of sulfonamides is 1. The van der Waals surface area contributed by atoms with E-state index in [0.717, 1.165) is 12.1 Å². The summed E-state index contributed by atoms with van der Waals surface area (Å²) in [6, 6.07) is 4.55. The fraction of sp³-hybridized carbons (Fsp3) is 0.462. The first-order valence-electron chi connectivity index (χ1n) is 6.80. The van der Waals surface area contributed by atoms with E-state index >= 15 is 0 Å². The minimum Gasteiger partial charge on any atom is -0.481 e. The summed E-state index contributed by atoms with van der Waals surface area (Å²) in [7, 11) is -4.07. The van der Waals surface area contributed by atoms with Crippen LogP contribution in [-0.4, -0.2) is 30.5 Å². The number of carboxylic acid groups (broad SMARTS) is 1. The van der Waals surface area contributed by atoms with Gasteiger partial charge in [0.1, 0.15) is 0 Å². The zero-order valence-electron chi connectivity index (χ0n) is 11.6. The van der Waals surface area contributed by atoms with Gasteiger partial charge >= 0.3 is 5.97 Å². The van der Waals surface area contributed by atoms with E-state index in [1.165, 1.54) is 12.1 Å². The molecule has 0 bridgehead atoms. The highest BCUT2D eigenvalue weighted by Crippen LogP contribution is 2.28. The summed E-state index contributed by atoms with van der Waals surface area (Å²) in [6.07, 6.45) is 1.82. The highest BCUT2D eigenvalue weighted by molar-refractivity contribution is 7.89. The van der Waals surface area contributed by atoms with E-state index in [0.29, 0.717) is 19.3 Å². The lowest BCUT2D eigenvalue weighted by molar-refractivity contribution is -0.387. The molecule has 0 radical (unpaired) electrons. The molecule has 0 heterocycles. The Morgan fingerprint density at radius 2 is 2.00 bits per heavy atom. The number of hydrogen-bond acceptors (Lipinski definition) is 5. The molecule has 0 aliphatic heterocycles. The van der Waals surface area contributed by atoms with Crippen LogP contribution in [0.25, 0.3) is 0 Å². The van der Waals surface area contributed by atoms with E-state index in [1.807, 2.05) is 0 Å². The first-order chi connectivity index (χ1) is 10.3. The van der Waals surface area contributed by atoms with Crippen molar-refractivity contribution in [2.24, 2.45) is 5.92 Å². The van der Waals surface area contributed by atoms with Crippen LogP contribution in [-0.2, 0) is 14.8 Å². The number of benzene rings is 1. The Morgan fingerprint density at radius 3 is 2.64 bits per heavy atom. The molecule has 0 spiro atoms. The first kappa shape index (κ1) is 16.4. The van der Waals surface area contributed by atoms with Gasteiger partial charge in [-0.05, 0) is 25.3 Å². The van der Waals surface area contributed by atoms with Gasteiger partial charge in [0.15, 0.2) is 4.90 Å². The Balaban J connectivity index is 2.21. The Labute approximate surface area is 127 Å². The maximum Gasteiger partial charge on any atom is 0.306 e. The molecule has 0 saturated heterocycles. The number of nitrogens with one attached hydrogen (secondary N) is 1. The molecule has 1 aliphatic carbocycles. The van der Waals surface area contributed by atoms with Crippen LogP contribution in [0.5, 0.6) is 0 Å². The fourth-order valence-corrected chi connectivity index (χ4v) is 4.09. The summed E-state index contributed by atoms with van der Waals surface area (Å²) < 4.78 is 27.1. The summed E-state index contributed by atoms with van der Waals surface area (Å²) in [6.45, 7) is 0. The van der Waals surface area contributed by atoms with Gasteiger partial charge < -0.3 is 5.11 Å². The van der Waals surface area contributed by atoms with Gasteiger partial charge in [0.2, 0.25) is 10.0 Å². The third-order valence-electron chi connectivity index (χ3n) is 3.70. The quantitative estimate of drug-likeness (QED) is 0.623. The van der Waals surface area contributed by atoms with Crippen molar-refractivity contribution in [1.82, 2.24) is 4.72 Å². The predicted octanol–water partition coefficient (Wildman–Crippen LogP) is 1.52. The molecule has 120 valence electrons. The normalized spacial score (nSPS) is 22.2. The number of aliphatic carboxylic acids is 1. The monoisotopic (exact) mass is 328 g/mol. The zero-order chi connectivity index (χ0) is 16.3. The molecule has 8 nitrogen and oxygen atoms in total. The molecule has 0 unspecified atom stereocenters. The highest BCUT2D eigenvalue weighted by atomic mass is 32.2. The third kappa shape index (κ3) is 3.60. The van der Waals surface area contributed by atoms with E-state index in [4.69, 9.17) is 5.11 Å². The number of nitrogens with zero attached hydrogens (tertiary/aromatic N) is 1. The second kappa shape index (κ2) is 6.41. The molecule has 1 aliphatic rings. The van der Waals surface area contributed by atoms with Gasteiger partial charge in [0.05, 0.1) is 10.8 Å². The molecule has 1 aromatic carbocycles. The number of carbonyl (C=O) groups is 1. The number of nitro benzene ring substituents is 1. The van der Waals surface area contributed by atoms with Gasteiger partial charge in [0, 0.05) is 12.1 Å². The van der Waals surface area contributed by atoms with Crippen LogP contribution in [0, 0.1) is 16.0 Å². The van der Waals surface area contributed by atoms with E-state index in [2.05, 4.69) is 4.72 Å². The molecule has 9 heteroatoms. The van der Waals surface area contributed by atoms with Gasteiger partial charge in [-0.1, -0.05) is 18.6 Å². The summed E-state index contributed by atoms with van der Waals surface area (Å²) in [5, 5.41) is 20.0. The average Bonchev–Trinajstić information content (AvgIpc) is 2.47. The number of para-hydroxylation sites is 1. The topological polar surface area (TPSA) is 127 Å². The smallest absolute Gasteiger partial charge is 0.306 e. The van der Waals surface area contributed by atoms with Gasteiger partial charge in [-0.2, -0.15) is 0 Å². The number of carboxylic acids is 1. The first-order valence-corrected chi connectivity index (χ1v) is 8.28. The molecular weight excluding hydrogens is 312 g/mol. The van der Waals surface area contributed by atoms with E-state index < -0.39 is 43.5 Å². The van der Waals surface area contributed by atoms with Gasteiger partial charge in [-0.15, -0.1) is 0 Å². The van der Waals surface area contributed by atoms with Crippen molar-refractivity contribution in [2.45, 2.75) is 36.6 Å². The highest BCUT2D eigenvalue weighted by Gasteiger charge is 2.32. The van der Waals surface area contributed by atoms with Gasteiger partial charge in [-0.25, -0.2) is 13.1 Å². The van der Waals surface area contributed by atoms with Crippen molar-refractivity contribution in [3.63, 3.8) is 0 Å². The van der Waals surface area contributed by atoms with Gasteiger partial charge in [0.25, 0.3) is 5.69 Å². The van der Waals surface area contributed by atoms with E-state index in [9.17, 15) is 23.3 Å². The van der Waals surface area contributed by atoms with Gasteiger partial charge in [-0.3, -0.25) is 14.9 Å². The van der Waals surface area contributed by atoms with Crippen molar-refractivity contribution in [1.29, 1.82) is 0 Å². The largest absolute Gasteiger partial charge is 0.481 e. The number of rotatable bonds is 5. The molecule has 2 rings (SSSR count). The van der Waals surface area contributed by atoms with Crippen LogP contribution in [0.15, 0.2) is 29.2 Å². The molecular formula is C13H16N2O6S. The van der Waals surface area contributed by atoms with Crippen LogP contribution < -0.4 is 4.72 Å². The molecule has 1 saturated carbocycles. The number of hydrogen-bond donors (Lipinski definition) is 2. The minimum atomic E-state index is -4.07. The Hall–Kier alpha value is -2.00. The third-order valence-corrected chi connectivity index (χ3v) is 5.26. The SMILES string of the molecule is O=C(O)[C@H]1CCC[C@@H](NS(=O)(=O)c2ccccc2[N+](=O)[O-])C1. The lowest BCUT2D eigenvalue weighted by atomic mass is 9.86. The van der Waals surface area contributed by atoms with Crippen molar-refractivity contribution in [3.05, 3.63) is 34.4 Å². The Kier molecular flexibility index (Phi) is 4.77. The van der Waals surface area contributed by atoms with Crippen molar-refractivity contribution < 1.29 is 23.2 Å². The molecule has 1 aromatic rings. The molecule has 0 aromatic heterocycles. The van der Waals surface area contributed by atoms with Crippen LogP contribution in [0.3, 0.4) is 0 Å². The van der Waals surface area contributed by atoms with E-state index in [1.54, 1.807) is 0 Å². The zero-order valence-corrected chi connectivity index (χ0v) is 12.5. The standard InChI is InChI=1S/C13H16N2O6S/c16-13(17)9-4-3-5-10(8-9)14-22(20,21)12-7-2-1-6-11(12)15(18)19/h1-2,6-7,9-10,14H,3-5,8H2,(H,16,17)/t9-,10+/m0/s1.